The van der Waals surface area contributed by atoms with E-state index in [2.05, 4.69) is 20.5 Å². The number of aromatic amines is 1. The van der Waals surface area contributed by atoms with Crippen LogP contribution in [0.1, 0.15) is 35.3 Å². The van der Waals surface area contributed by atoms with E-state index in [1.54, 1.807) is 6.07 Å². The number of hydrogen-bond acceptors (Lipinski definition) is 5. The molecular weight excluding hydrogens is 397 g/mol. The summed E-state index contributed by atoms with van der Waals surface area (Å²) >= 11 is 0. The van der Waals surface area contributed by atoms with Gasteiger partial charge in [-0.05, 0) is 65.8 Å². The lowest BCUT2D eigenvalue weighted by Gasteiger charge is -2.07. The zero-order valence-corrected chi connectivity index (χ0v) is 15.4. The van der Waals surface area contributed by atoms with Gasteiger partial charge in [-0.25, -0.2) is 0 Å². The smallest absolute Gasteiger partial charge is 0.408 e. The average molecular weight is 412 g/mol. The van der Waals surface area contributed by atoms with Crippen LogP contribution in [-0.2, 0) is 6.18 Å². The van der Waals surface area contributed by atoms with Crippen LogP contribution in [0.15, 0.2) is 63.8 Å². The summed E-state index contributed by atoms with van der Waals surface area (Å²) in [6.45, 7) is 0. The number of pyridine rings is 1. The Morgan fingerprint density at radius 3 is 2.57 bits per heavy atom. The Bertz CT molecular complexity index is 1280. The molecule has 0 spiro atoms. The lowest BCUT2D eigenvalue weighted by atomic mass is 10.1. The van der Waals surface area contributed by atoms with Crippen LogP contribution >= 0.6 is 0 Å². The van der Waals surface area contributed by atoms with Crippen molar-refractivity contribution in [3.63, 3.8) is 0 Å². The lowest BCUT2D eigenvalue weighted by molar-refractivity contribution is -0.137. The zero-order chi connectivity index (χ0) is 20.9. The third-order valence-corrected chi connectivity index (χ3v) is 5.19. The van der Waals surface area contributed by atoms with E-state index in [0.29, 0.717) is 11.6 Å². The maximum atomic E-state index is 12.6. The summed E-state index contributed by atoms with van der Waals surface area (Å²) < 4.78 is 43.6. The largest absolute Gasteiger partial charge is 0.416 e. The average Bonchev–Trinajstić information content (AvgIpc) is 3.38. The molecule has 0 aliphatic heterocycles. The first-order valence-corrected chi connectivity index (χ1v) is 9.27. The zero-order valence-electron chi connectivity index (χ0n) is 15.4. The summed E-state index contributed by atoms with van der Waals surface area (Å²) in [6.07, 6.45) is -3.52. The van der Waals surface area contributed by atoms with E-state index in [1.807, 2.05) is 18.2 Å². The van der Waals surface area contributed by atoms with Crippen LogP contribution in [0, 0.1) is 0 Å². The van der Waals surface area contributed by atoms with Gasteiger partial charge in [-0.2, -0.15) is 13.2 Å². The standard InChI is InChI=1S/C21H15F3N4O2/c22-21(23,24)13-3-5-14(6-4-13)25-20-28-27-19(30-20)16-10-15(16)11-1-7-17-12(9-11)2-8-18(29)26-17/h1-9,15-16H,10H2,(H,25,28)(H,26,29). The predicted octanol–water partition coefficient (Wildman–Crippen LogP) is 4.94. The molecule has 2 atom stereocenters. The van der Waals surface area contributed by atoms with Crippen molar-refractivity contribution in [2.75, 3.05) is 5.32 Å². The summed E-state index contributed by atoms with van der Waals surface area (Å²) in [7, 11) is 0. The quantitative estimate of drug-likeness (QED) is 0.496. The maximum Gasteiger partial charge on any atom is 0.416 e. The molecule has 2 N–H and O–H groups in total. The fourth-order valence-corrected chi connectivity index (χ4v) is 3.54. The Balaban J connectivity index is 1.28. The normalized spacial score (nSPS) is 18.5. The van der Waals surface area contributed by atoms with Gasteiger partial charge in [0.25, 0.3) is 0 Å². The second kappa shape index (κ2) is 6.72. The molecule has 1 saturated carbocycles. The molecule has 0 bridgehead atoms. The molecule has 4 aromatic rings. The van der Waals surface area contributed by atoms with E-state index < -0.39 is 11.7 Å². The highest BCUT2D eigenvalue weighted by Gasteiger charge is 2.43. The minimum absolute atomic E-state index is 0.0841. The van der Waals surface area contributed by atoms with Gasteiger partial charge in [-0.15, -0.1) is 5.10 Å². The number of nitrogens with one attached hydrogen (secondary N) is 2. The topological polar surface area (TPSA) is 83.8 Å². The van der Waals surface area contributed by atoms with Gasteiger partial charge in [0.1, 0.15) is 0 Å². The summed E-state index contributed by atoms with van der Waals surface area (Å²) in [6, 6.07) is 13.9. The van der Waals surface area contributed by atoms with Gasteiger partial charge in [0.2, 0.25) is 11.4 Å². The van der Waals surface area contributed by atoms with Crippen LogP contribution in [0.5, 0.6) is 0 Å². The minimum Gasteiger partial charge on any atom is -0.408 e. The van der Waals surface area contributed by atoms with Crippen molar-refractivity contribution in [1.29, 1.82) is 0 Å². The van der Waals surface area contributed by atoms with Gasteiger partial charge in [0, 0.05) is 23.2 Å². The van der Waals surface area contributed by atoms with Crippen molar-refractivity contribution >= 4 is 22.6 Å². The molecule has 9 heteroatoms. The number of benzene rings is 2. The van der Waals surface area contributed by atoms with Gasteiger partial charge in [0.15, 0.2) is 0 Å². The number of halogens is 3. The van der Waals surface area contributed by atoms with E-state index in [9.17, 15) is 18.0 Å². The van der Waals surface area contributed by atoms with Crippen molar-refractivity contribution in [1.82, 2.24) is 15.2 Å². The molecule has 152 valence electrons. The molecule has 2 aromatic heterocycles. The summed E-state index contributed by atoms with van der Waals surface area (Å²) in [5, 5.41) is 11.8. The van der Waals surface area contributed by atoms with Gasteiger partial charge in [0.05, 0.1) is 5.56 Å². The van der Waals surface area contributed by atoms with E-state index in [0.717, 1.165) is 35.0 Å². The first kappa shape index (κ1) is 18.4. The third-order valence-electron chi connectivity index (χ3n) is 5.19. The molecule has 5 rings (SSSR count). The number of rotatable bonds is 4. The highest BCUT2D eigenvalue weighted by atomic mass is 19.4. The maximum absolute atomic E-state index is 12.6. The third kappa shape index (κ3) is 3.54. The van der Waals surface area contributed by atoms with Crippen LogP contribution in [0.2, 0.25) is 0 Å². The van der Waals surface area contributed by atoms with Crippen molar-refractivity contribution in [3.8, 4) is 0 Å². The second-order valence-electron chi connectivity index (χ2n) is 7.26. The molecule has 0 saturated heterocycles. The Hall–Kier alpha value is -3.62. The first-order valence-electron chi connectivity index (χ1n) is 9.27. The lowest BCUT2D eigenvalue weighted by Crippen LogP contribution is -2.04. The summed E-state index contributed by atoms with van der Waals surface area (Å²) in [4.78, 5) is 14.2. The second-order valence-corrected chi connectivity index (χ2v) is 7.26. The Labute approximate surface area is 167 Å². The Morgan fingerprint density at radius 2 is 1.80 bits per heavy atom. The molecule has 1 aliphatic rings. The molecule has 0 amide bonds. The molecule has 1 aliphatic carbocycles. The predicted molar refractivity (Wildman–Crippen MR) is 104 cm³/mol. The summed E-state index contributed by atoms with van der Waals surface area (Å²) in [5.41, 5.74) is 1.46. The number of fused-ring (bicyclic) bond motifs is 1. The fourth-order valence-electron chi connectivity index (χ4n) is 3.54. The molecule has 2 aromatic carbocycles. The van der Waals surface area contributed by atoms with E-state index >= 15 is 0 Å². The number of hydrogen-bond donors (Lipinski definition) is 2. The highest BCUT2D eigenvalue weighted by Crippen LogP contribution is 2.54. The van der Waals surface area contributed by atoms with E-state index in [-0.39, 0.29) is 23.4 Å². The Kier molecular flexibility index (Phi) is 4.12. The van der Waals surface area contributed by atoms with Gasteiger partial charge >= 0.3 is 12.2 Å². The summed E-state index contributed by atoms with van der Waals surface area (Å²) in [5.74, 6) is 0.803. The number of alkyl halides is 3. The number of anilines is 2. The molecule has 6 nitrogen and oxygen atoms in total. The molecular formula is C21H15F3N4O2. The van der Waals surface area contributed by atoms with E-state index in [4.69, 9.17) is 4.42 Å². The highest BCUT2D eigenvalue weighted by molar-refractivity contribution is 5.79. The molecule has 30 heavy (non-hydrogen) atoms. The molecule has 1 fully saturated rings. The number of nitrogens with zero attached hydrogens (tertiary/aromatic N) is 2. The monoisotopic (exact) mass is 412 g/mol. The van der Waals surface area contributed by atoms with E-state index in [1.165, 1.54) is 18.2 Å². The fraction of sp³-hybridized carbons (Fsp3) is 0.190. The van der Waals surface area contributed by atoms with Gasteiger partial charge < -0.3 is 14.7 Å². The molecule has 0 radical (unpaired) electrons. The van der Waals surface area contributed by atoms with Crippen molar-refractivity contribution in [2.45, 2.75) is 24.4 Å². The molecule has 2 heterocycles. The number of aromatic nitrogens is 3. The van der Waals surface area contributed by atoms with Crippen LogP contribution in [0.3, 0.4) is 0 Å². The number of H-pyrrole nitrogens is 1. The first-order chi connectivity index (χ1) is 14.4. The van der Waals surface area contributed by atoms with Gasteiger partial charge in [-0.1, -0.05) is 11.2 Å². The van der Waals surface area contributed by atoms with Gasteiger partial charge in [-0.3, -0.25) is 4.79 Å². The molecule has 2 unspecified atom stereocenters. The Morgan fingerprint density at radius 1 is 1.00 bits per heavy atom. The van der Waals surface area contributed by atoms with Crippen LogP contribution < -0.4 is 10.9 Å². The van der Waals surface area contributed by atoms with Crippen molar-refractivity contribution in [3.05, 3.63) is 82.0 Å². The van der Waals surface area contributed by atoms with Crippen molar-refractivity contribution < 1.29 is 17.6 Å². The van der Waals surface area contributed by atoms with Crippen LogP contribution in [0.4, 0.5) is 24.9 Å². The van der Waals surface area contributed by atoms with Crippen LogP contribution in [0.25, 0.3) is 10.9 Å². The van der Waals surface area contributed by atoms with Crippen LogP contribution in [-0.4, -0.2) is 15.2 Å². The SMILES string of the molecule is O=c1ccc2cc(C3CC3c3nnc(Nc4ccc(C(F)(F)F)cc4)o3)ccc2[nH]1. The van der Waals surface area contributed by atoms with Crippen molar-refractivity contribution in [2.24, 2.45) is 0 Å². The minimum atomic E-state index is -4.38.